The van der Waals surface area contributed by atoms with Gasteiger partial charge in [0.05, 0.1) is 7.11 Å². The Balaban J connectivity index is 2.58. The number of carbonyl (C=O) groups excluding carboxylic acids is 4. The third-order valence-corrected chi connectivity index (χ3v) is 6.35. The molecule has 0 saturated carbocycles. The van der Waals surface area contributed by atoms with Gasteiger partial charge in [-0.3, -0.25) is 14.4 Å². The molecule has 2 atom stereocenters. The molecular weight excluding hydrogens is 524 g/mol. The molecule has 0 aliphatic heterocycles. The van der Waals surface area contributed by atoms with Crippen LogP contribution in [0.25, 0.3) is 0 Å². The van der Waals surface area contributed by atoms with Crippen molar-refractivity contribution in [3.05, 3.63) is 59.2 Å². The van der Waals surface area contributed by atoms with Gasteiger partial charge in [0.15, 0.2) is 0 Å². The Bertz CT molecular complexity index is 1210. The fourth-order valence-corrected chi connectivity index (χ4v) is 4.28. The average Bonchev–Trinajstić information content (AvgIpc) is 2.89. The molecule has 2 aromatic carbocycles. The second kappa shape index (κ2) is 15.1. The SMILES string of the molecule is CCCCN(C(=O)C(CCC(N)=O)NC(=O)OC(C)(C)C)C(C(=O)Nc1ccc(OC)cc1)c1cc(C)ccc1C. The number of hydrogen-bond acceptors (Lipinski definition) is 6. The number of nitrogens with zero attached hydrogens (tertiary/aromatic N) is 1. The normalized spacial score (nSPS) is 12.6. The molecule has 0 saturated heterocycles. The van der Waals surface area contributed by atoms with Gasteiger partial charge in [0.25, 0.3) is 5.91 Å². The summed E-state index contributed by atoms with van der Waals surface area (Å²) in [4.78, 5) is 54.1. The molecule has 0 heterocycles. The summed E-state index contributed by atoms with van der Waals surface area (Å²) in [6, 6.07) is 10.5. The number of unbranched alkanes of at least 4 members (excludes halogenated alkanes) is 1. The first-order valence-electron chi connectivity index (χ1n) is 13.9. The van der Waals surface area contributed by atoms with Crippen LogP contribution in [-0.4, -0.2) is 54.0 Å². The zero-order chi connectivity index (χ0) is 30.7. The number of hydrogen-bond donors (Lipinski definition) is 3. The molecule has 224 valence electrons. The van der Waals surface area contributed by atoms with Crippen molar-refractivity contribution in [3.63, 3.8) is 0 Å². The lowest BCUT2D eigenvalue weighted by Crippen LogP contribution is -2.53. The molecule has 41 heavy (non-hydrogen) atoms. The minimum absolute atomic E-state index is 0.0460. The van der Waals surface area contributed by atoms with E-state index in [1.165, 1.54) is 4.90 Å². The third-order valence-electron chi connectivity index (χ3n) is 6.35. The molecule has 0 fully saturated rings. The predicted molar refractivity (Wildman–Crippen MR) is 158 cm³/mol. The Morgan fingerprint density at radius 2 is 1.68 bits per heavy atom. The first kappa shape index (κ1) is 33.1. The van der Waals surface area contributed by atoms with Gasteiger partial charge in [-0.05, 0) is 82.9 Å². The van der Waals surface area contributed by atoms with E-state index in [-0.39, 0.29) is 19.4 Å². The largest absolute Gasteiger partial charge is 0.497 e. The van der Waals surface area contributed by atoms with Crippen molar-refractivity contribution in [3.8, 4) is 5.75 Å². The number of aryl methyl sites for hydroxylation is 2. The standard InChI is InChI=1S/C31H44N4O6/c1-8-9-18-35(29(38)25(16-17-26(32)36)34-30(39)41-31(4,5)6)27(24-19-20(2)10-11-21(24)3)28(37)33-22-12-14-23(40-7)15-13-22/h10-15,19,25,27H,8-9,16-18H2,1-7H3,(H2,32,36)(H,33,37)(H,34,39). The first-order chi connectivity index (χ1) is 19.2. The van der Waals surface area contributed by atoms with Crippen LogP contribution in [0, 0.1) is 13.8 Å². The van der Waals surface area contributed by atoms with Crippen molar-refractivity contribution >= 4 is 29.5 Å². The number of primary amides is 1. The second-order valence-corrected chi connectivity index (χ2v) is 11.1. The van der Waals surface area contributed by atoms with Gasteiger partial charge in [-0.2, -0.15) is 0 Å². The zero-order valence-electron chi connectivity index (χ0n) is 25.2. The van der Waals surface area contributed by atoms with Gasteiger partial charge in [0.1, 0.15) is 23.4 Å². The van der Waals surface area contributed by atoms with Crippen LogP contribution in [0.5, 0.6) is 5.75 Å². The van der Waals surface area contributed by atoms with Gasteiger partial charge in [0, 0.05) is 18.7 Å². The van der Waals surface area contributed by atoms with Crippen molar-refractivity contribution in [2.24, 2.45) is 5.73 Å². The Kier molecular flexibility index (Phi) is 12.2. The average molecular weight is 569 g/mol. The van der Waals surface area contributed by atoms with Gasteiger partial charge in [-0.1, -0.05) is 37.1 Å². The maximum atomic E-state index is 14.2. The second-order valence-electron chi connectivity index (χ2n) is 11.1. The minimum atomic E-state index is -1.14. The van der Waals surface area contributed by atoms with Crippen LogP contribution < -0.4 is 21.1 Å². The summed E-state index contributed by atoms with van der Waals surface area (Å²) >= 11 is 0. The minimum Gasteiger partial charge on any atom is -0.497 e. The van der Waals surface area contributed by atoms with E-state index < -0.39 is 41.5 Å². The van der Waals surface area contributed by atoms with Crippen LogP contribution in [0.2, 0.25) is 0 Å². The lowest BCUT2D eigenvalue weighted by molar-refractivity contribution is -0.141. The quantitative estimate of drug-likeness (QED) is 0.318. The van der Waals surface area contributed by atoms with Gasteiger partial charge < -0.3 is 30.7 Å². The molecule has 2 aromatic rings. The predicted octanol–water partition coefficient (Wildman–Crippen LogP) is 4.78. The molecule has 0 spiro atoms. The summed E-state index contributed by atoms with van der Waals surface area (Å²) in [7, 11) is 1.56. The Morgan fingerprint density at radius 1 is 1.02 bits per heavy atom. The van der Waals surface area contributed by atoms with Gasteiger partial charge >= 0.3 is 6.09 Å². The topological polar surface area (TPSA) is 140 Å². The Labute approximate surface area is 242 Å². The molecule has 4 amide bonds. The van der Waals surface area contributed by atoms with Crippen molar-refractivity contribution < 1.29 is 28.7 Å². The molecule has 0 aliphatic carbocycles. The number of alkyl carbamates (subject to hydrolysis) is 1. The number of benzene rings is 2. The van der Waals surface area contributed by atoms with E-state index in [0.717, 1.165) is 17.5 Å². The number of anilines is 1. The summed E-state index contributed by atoms with van der Waals surface area (Å²) in [5, 5.41) is 5.55. The van der Waals surface area contributed by atoms with Crippen LogP contribution in [0.3, 0.4) is 0 Å². The van der Waals surface area contributed by atoms with Gasteiger partial charge in [-0.25, -0.2) is 4.79 Å². The van der Waals surface area contributed by atoms with E-state index in [4.69, 9.17) is 15.2 Å². The highest BCUT2D eigenvalue weighted by atomic mass is 16.6. The van der Waals surface area contributed by atoms with Crippen LogP contribution in [-0.2, 0) is 19.1 Å². The molecule has 0 aromatic heterocycles. The summed E-state index contributed by atoms with van der Waals surface area (Å²) in [5.41, 5.74) is 7.53. The molecule has 10 nitrogen and oxygen atoms in total. The molecule has 2 unspecified atom stereocenters. The van der Waals surface area contributed by atoms with Gasteiger partial charge in [-0.15, -0.1) is 0 Å². The van der Waals surface area contributed by atoms with E-state index in [9.17, 15) is 19.2 Å². The monoisotopic (exact) mass is 568 g/mol. The number of methoxy groups -OCH3 is 1. The summed E-state index contributed by atoms with van der Waals surface area (Å²) in [6.45, 7) is 11.2. The van der Waals surface area contributed by atoms with E-state index in [1.54, 1.807) is 52.1 Å². The maximum Gasteiger partial charge on any atom is 0.408 e. The number of carbonyl (C=O) groups is 4. The highest BCUT2D eigenvalue weighted by molar-refractivity contribution is 5.99. The summed E-state index contributed by atoms with van der Waals surface area (Å²) < 4.78 is 10.6. The van der Waals surface area contributed by atoms with Crippen LogP contribution in [0.1, 0.15) is 76.1 Å². The third kappa shape index (κ3) is 10.4. The van der Waals surface area contributed by atoms with Crippen molar-refractivity contribution in [2.75, 3.05) is 19.0 Å². The maximum absolute atomic E-state index is 14.2. The van der Waals surface area contributed by atoms with Crippen molar-refractivity contribution in [1.29, 1.82) is 0 Å². The van der Waals surface area contributed by atoms with Crippen molar-refractivity contribution in [1.82, 2.24) is 10.2 Å². The molecule has 0 bridgehead atoms. The summed E-state index contributed by atoms with van der Waals surface area (Å²) in [5.74, 6) is -0.905. The molecule has 10 heteroatoms. The molecule has 4 N–H and O–H groups in total. The number of amides is 4. The number of nitrogens with two attached hydrogens (primary N) is 1. The zero-order valence-corrected chi connectivity index (χ0v) is 25.2. The molecule has 2 rings (SSSR count). The molecule has 0 radical (unpaired) electrons. The lowest BCUT2D eigenvalue weighted by atomic mass is 9.95. The first-order valence-corrected chi connectivity index (χ1v) is 13.9. The van der Waals surface area contributed by atoms with Crippen LogP contribution in [0.4, 0.5) is 10.5 Å². The van der Waals surface area contributed by atoms with E-state index in [0.29, 0.717) is 23.4 Å². The van der Waals surface area contributed by atoms with Crippen LogP contribution in [0.15, 0.2) is 42.5 Å². The Hall–Kier alpha value is -4.08. The molecular formula is C31H44N4O6. The smallest absolute Gasteiger partial charge is 0.408 e. The van der Waals surface area contributed by atoms with Gasteiger partial charge in [0.2, 0.25) is 11.8 Å². The highest BCUT2D eigenvalue weighted by Gasteiger charge is 2.37. The number of nitrogens with one attached hydrogen (secondary N) is 2. The van der Waals surface area contributed by atoms with Crippen LogP contribution >= 0.6 is 0 Å². The van der Waals surface area contributed by atoms with E-state index in [2.05, 4.69) is 10.6 Å². The number of ether oxygens (including phenoxy) is 2. The van der Waals surface area contributed by atoms with E-state index >= 15 is 0 Å². The fraction of sp³-hybridized carbons (Fsp3) is 0.484. The van der Waals surface area contributed by atoms with Crippen molar-refractivity contribution in [2.45, 2.75) is 84.9 Å². The Morgan fingerprint density at radius 3 is 2.24 bits per heavy atom. The molecule has 0 aliphatic rings. The summed E-state index contributed by atoms with van der Waals surface area (Å²) in [6.07, 6.45) is 0.379. The van der Waals surface area contributed by atoms with E-state index in [1.807, 2.05) is 39.0 Å². The number of rotatable bonds is 13. The lowest BCUT2D eigenvalue weighted by Gasteiger charge is -2.35. The fourth-order valence-electron chi connectivity index (χ4n) is 4.28. The highest BCUT2D eigenvalue weighted by Crippen LogP contribution is 2.29.